The van der Waals surface area contributed by atoms with Crippen LogP contribution in [0.2, 0.25) is 0 Å². The van der Waals surface area contributed by atoms with Crippen LogP contribution in [-0.2, 0) is 14.3 Å². The molecule has 2 heterocycles. The number of nitrogens with zero attached hydrogens (tertiary/aromatic N) is 2. The minimum absolute atomic E-state index is 0.0191. The summed E-state index contributed by atoms with van der Waals surface area (Å²) in [5.74, 6) is -1.15. The van der Waals surface area contributed by atoms with Crippen molar-refractivity contribution in [2.45, 2.75) is 24.5 Å². The molecule has 5 N–H and O–H groups in total. The quantitative estimate of drug-likeness (QED) is 0.463. The Morgan fingerprint density at radius 2 is 2.19 bits per heavy atom. The molecular weight excluding hydrogens is 286 g/mol. The SMILES string of the molecule is Nc1ccn([C@@H]2O[C@H](COCC(=O)O)[C@@H](O)[C@H]2O)c(=O)n1. The molecule has 10 heteroatoms. The van der Waals surface area contributed by atoms with E-state index in [9.17, 15) is 19.8 Å². The Hall–Kier alpha value is -2.01. The molecule has 2 rings (SSSR count). The van der Waals surface area contributed by atoms with E-state index in [2.05, 4.69) is 4.98 Å². The minimum Gasteiger partial charge on any atom is -0.480 e. The molecule has 1 aromatic rings. The molecule has 0 amide bonds. The molecule has 1 aliphatic rings. The van der Waals surface area contributed by atoms with Gasteiger partial charge in [0.2, 0.25) is 0 Å². The van der Waals surface area contributed by atoms with Gasteiger partial charge in [-0.05, 0) is 6.07 Å². The second kappa shape index (κ2) is 6.18. The van der Waals surface area contributed by atoms with Gasteiger partial charge in [0.05, 0.1) is 6.61 Å². The zero-order chi connectivity index (χ0) is 15.6. The molecule has 0 saturated carbocycles. The highest BCUT2D eigenvalue weighted by molar-refractivity contribution is 5.67. The van der Waals surface area contributed by atoms with Gasteiger partial charge in [0.25, 0.3) is 0 Å². The Morgan fingerprint density at radius 3 is 2.81 bits per heavy atom. The lowest BCUT2D eigenvalue weighted by Gasteiger charge is -2.16. The largest absolute Gasteiger partial charge is 0.480 e. The summed E-state index contributed by atoms with van der Waals surface area (Å²) in [6.45, 7) is -0.797. The van der Waals surface area contributed by atoms with Crippen molar-refractivity contribution in [1.82, 2.24) is 9.55 Å². The number of aliphatic carboxylic acids is 1. The molecule has 1 saturated heterocycles. The Morgan fingerprint density at radius 1 is 1.48 bits per heavy atom. The van der Waals surface area contributed by atoms with Crippen molar-refractivity contribution in [2.24, 2.45) is 0 Å². The summed E-state index contributed by atoms with van der Waals surface area (Å²) < 4.78 is 11.1. The van der Waals surface area contributed by atoms with Crippen LogP contribution in [0.1, 0.15) is 6.23 Å². The third kappa shape index (κ3) is 3.36. The molecule has 10 nitrogen and oxygen atoms in total. The molecule has 0 aliphatic carbocycles. The zero-order valence-electron chi connectivity index (χ0n) is 10.8. The lowest BCUT2D eigenvalue weighted by atomic mass is 10.1. The molecule has 0 unspecified atom stereocenters. The molecule has 0 aromatic carbocycles. The first kappa shape index (κ1) is 15.4. The number of aliphatic hydroxyl groups is 2. The fourth-order valence-corrected chi connectivity index (χ4v) is 1.98. The number of nitrogens with two attached hydrogens (primary N) is 1. The van der Waals surface area contributed by atoms with E-state index in [1.807, 2.05) is 0 Å². The van der Waals surface area contributed by atoms with Gasteiger partial charge in [0, 0.05) is 6.20 Å². The van der Waals surface area contributed by atoms with Crippen LogP contribution in [0, 0.1) is 0 Å². The average Bonchev–Trinajstić information content (AvgIpc) is 2.67. The van der Waals surface area contributed by atoms with E-state index >= 15 is 0 Å². The van der Waals surface area contributed by atoms with Crippen molar-refractivity contribution in [3.8, 4) is 0 Å². The van der Waals surface area contributed by atoms with Crippen molar-refractivity contribution >= 4 is 11.8 Å². The van der Waals surface area contributed by atoms with Crippen LogP contribution in [0.4, 0.5) is 5.82 Å². The van der Waals surface area contributed by atoms with Crippen molar-refractivity contribution < 1.29 is 29.6 Å². The maximum absolute atomic E-state index is 11.7. The molecule has 0 radical (unpaired) electrons. The van der Waals surface area contributed by atoms with Gasteiger partial charge in [-0.15, -0.1) is 0 Å². The number of rotatable bonds is 5. The highest BCUT2D eigenvalue weighted by Gasteiger charge is 2.44. The van der Waals surface area contributed by atoms with Crippen molar-refractivity contribution in [2.75, 3.05) is 18.9 Å². The Labute approximate surface area is 118 Å². The number of nitrogen functional groups attached to an aromatic ring is 1. The third-order valence-corrected chi connectivity index (χ3v) is 2.97. The van der Waals surface area contributed by atoms with E-state index in [0.29, 0.717) is 0 Å². The number of ether oxygens (including phenoxy) is 2. The van der Waals surface area contributed by atoms with Crippen LogP contribution in [0.25, 0.3) is 0 Å². The number of aromatic nitrogens is 2. The van der Waals surface area contributed by atoms with E-state index in [1.165, 1.54) is 12.3 Å². The number of carbonyl (C=O) groups is 1. The first-order chi connectivity index (χ1) is 9.90. The van der Waals surface area contributed by atoms with Gasteiger partial charge < -0.3 is 30.5 Å². The number of carboxylic acid groups (broad SMARTS) is 1. The Bertz CT molecular complexity index is 575. The van der Waals surface area contributed by atoms with E-state index < -0.39 is 42.8 Å². The van der Waals surface area contributed by atoms with Crippen molar-refractivity contribution in [3.63, 3.8) is 0 Å². The molecule has 1 fully saturated rings. The van der Waals surface area contributed by atoms with Gasteiger partial charge in [-0.25, -0.2) is 9.59 Å². The minimum atomic E-state index is -1.38. The number of hydrogen-bond acceptors (Lipinski definition) is 8. The fraction of sp³-hybridized carbons (Fsp3) is 0.545. The zero-order valence-corrected chi connectivity index (χ0v) is 10.8. The summed E-state index contributed by atoms with van der Waals surface area (Å²) >= 11 is 0. The summed E-state index contributed by atoms with van der Waals surface area (Å²) in [7, 11) is 0. The third-order valence-electron chi connectivity index (χ3n) is 2.97. The van der Waals surface area contributed by atoms with Gasteiger partial charge in [-0.2, -0.15) is 4.98 Å². The summed E-state index contributed by atoms with van der Waals surface area (Å²) in [5, 5.41) is 28.2. The summed E-state index contributed by atoms with van der Waals surface area (Å²) in [5.41, 5.74) is 4.62. The summed E-state index contributed by atoms with van der Waals surface area (Å²) in [6.07, 6.45) is -3.54. The fourth-order valence-electron chi connectivity index (χ4n) is 1.98. The maximum Gasteiger partial charge on any atom is 0.351 e. The van der Waals surface area contributed by atoms with Crippen LogP contribution >= 0.6 is 0 Å². The van der Waals surface area contributed by atoms with Gasteiger partial charge in [-0.3, -0.25) is 4.57 Å². The van der Waals surface area contributed by atoms with Crippen molar-refractivity contribution in [3.05, 3.63) is 22.7 Å². The molecule has 116 valence electrons. The Kier molecular flexibility index (Phi) is 4.53. The normalized spacial score (nSPS) is 28.7. The standard InChI is InChI=1S/C11H15N3O7/c12-6-1-2-14(11(19)13-6)10-9(18)8(17)5(21-10)3-20-4-7(15)16/h1-2,5,8-10,17-18H,3-4H2,(H,15,16)(H2,12,13,19)/t5-,8-,9-,10-/m1/s1. The van der Waals surface area contributed by atoms with Crippen LogP contribution < -0.4 is 11.4 Å². The number of anilines is 1. The lowest BCUT2D eigenvalue weighted by molar-refractivity contribution is -0.144. The first-order valence-corrected chi connectivity index (χ1v) is 6.06. The topological polar surface area (TPSA) is 157 Å². The van der Waals surface area contributed by atoms with E-state index in [-0.39, 0.29) is 12.4 Å². The highest BCUT2D eigenvalue weighted by atomic mass is 16.6. The number of aliphatic hydroxyl groups excluding tert-OH is 2. The predicted octanol–water partition coefficient (Wildman–Crippen LogP) is -2.45. The molecule has 0 bridgehead atoms. The molecule has 4 atom stereocenters. The smallest absolute Gasteiger partial charge is 0.351 e. The predicted molar refractivity (Wildman–Crippen MR) is 67.3 cm³/mol. The molecule has 21 heavy (non-hydrogen) atoms. The molecule has 1 aromatic heterocycles. The van der Waals surface area contributed by atoms with Gasteiger partial charge >= 0.3 is 11.7 Å². The highest BCUT2D eigenvalue weighted by Crippen LogP contribution is 2.28. The molecule has 1 aliphatic heterocycles. The summed E-state index contributed by atoms with van der Waals surface area (Å²) in [6, 6.07) is 1.35. The first-order valence-electron chi connectivity index (χ1n) is 6.06. The monoisotopic (exact) mass is 301 g/mol. The van der Waals surface area contributed by atoms with E-state index in [0.717, 1.165) is 4.57 Å². The number of carboxylic acids is 1. The second-order valence-corrected chi connectivity index (χ2v) is 4.50. The van der Waals surface area contributed by atoms with Gasteiger partial charge in [0.1, 0.15) is 30.7 Å². The van der Waals surface area contributed by atoms with E-state index in [4.69, 9.17) is 20.3 Å². The lowest BCUT2D eigenvalue weighted by Crippen LogP contribution is -2.36. The van der Waals surface area contributed by atoms with E-state index in [1.54, 1.807) is 0 Å². The molecular formula is C11H15N3O7. The maximum atomic E-state index is 11.7. The Balaban J connectivity index is 2.08. The van der Waals surface area contributed by atoms with Crippen molar-refractivity contribution in [1.29, 1.82) is 0 Å². The van der Waals surface area contributed by atoms with Crippen LogP contribution in [-0.4, -0.2) is 62.4 Å². The van der Waals surface area contributed by atoms with Crippen LogP contribution in [0.5, 0.6) is 0 Å². The van der Waals surface area contributed by atoms with Gasteiger partial charge in [-0.1, -0.05) is 0 Å². The van der Waals surface area contributed by atoms with Crippen LogP contribution in [0.15, 0.2) is 17.1 Å². The second-order valence-electron chi connectivity index (χ2n) is 4.50. The summed E-state index contributed by atoms with van der Waals surface area (Å²) in [4.78, 5) is 25.5. The van der Waals surface area contributed by atoms with Crippen LogP contribution in [0.3, 0.4) is 0 Å². The average molecular weight is 301 g/mol. The molecule has 0 spiro atoms. The van der Waals surface area contributed by atoms with Gasteiger partial charge in [0.15, 0.2) is 6.23 Å². The number of hydrogen-bond donors (Lipinski definition) is 4.